The molecule has 2 heterocycles. The highest BCUT2D eigenvalue weighted by Crippen LogP contribution is 2.15. The van der Waals surface area contributed by atoms with E-state index in [1.807, 2.05) is 0 Å². The second-order valence-corrected chi connectivity index (χ2v) is 7.48. The molecular formula is C14H26IN7O2S. The molecule has 142 valence electrons. The summed E-state index contributed by atoms with van der Waals surface area (Å²) in [6.07, 6.45) is 6.71. The quantitative estimate of drug-likeness (QED) is 0.222. The first-order valence-electron chi connectivity index (χ1n) is 7.92. The van der Waals surface area contributed by atoms with Crippen molar-refractivity contribution in [2.24, 2.45) is 4.99 Å². The molecule has 1 saturated heterocycles. The van der Waals surface area contributed by atoms with Crippen LogP contribution in [0.1, 0.15) is 12.8 Å². The highest BCUT2D eigenvalue weighted by Gasteiger charge is 2.22. The molecule has 11 heteroatoms. The maximum absolute atomic E-state index is 11.0. The van der Waals surface area contributed by atoms with E-state index in [9.17, 15) is 8.42 Å². The van der Waals surface area contributed by atoms with Crippen LogP contribution in [0.2, 0.25) is 0 Å². The van der Waals surface area contributed by atoms with Crippen molar-refractivity contribution >= 4 is 45.9 Å². The molecule has 2 rings (SSSR count). The van der Waals surface area contributed by atoms with E-state index in [2.05, 4.69) is 35.2 Å². The van der Waals surface area contributed by atoms with Gasteiger partial charge in [0, 0.05) is 51.7 Å². The molecule has 25 heavy (non-hydrogen) atoms. The minimum absolute atomic E-state index is 0. The average molecular weight is 483 g/mol. The summed E-state index contributed by atoms with van der Waals surface area (Å²) in [5.41, 5.74) is 0. The summed E-state index contributed by atoms with van der Waals surface area (Å²) in [6, 6.07) is 2.04. The molecule has 0 amide bonds. The molecule has 1 aromatic heterocycles. The maximum atomic E-state index is 11.0. The summed E-state index contributed by atoms with van der Waals surface area (Å²) in [5, 5.41) is 6.47. The van der Waals surface area contributed by atoms with Gasteiger partial charge in [-0.1, -0.05) is 0 Å². The summed E-state index contributed by atoms with van der Waals surface area (Å²) in [7, 11) is -1.47. The van der Waals surface area contributed by atoms with Crippen LogP contribution >= 0.6 is 24.0 Å². The van der Waals surface area contributed by atoms with Gasteiger partial charge in [-0.2, -0.15) is 0 Å². The third-order valence-corrected chi connectivity index (χ3v) is 4.33. The van der Waals surface area contributed by atoms with Crippen molar-refractivity contribution in [3.05, 3.63) is 18.5 Å². The van der Waals surface area contributed by atoms with E-state index in [-0.39, 0.29) is 30.0 Å². The SMILES string of the molecule is CN=C(NCCNS(C)(=O)=O)NC1CCCN(c2ncccn2)C1.I. The molecule has 1 fully saturated rings. The van der Waals surface area contributed by atoms with Crippen LogP contribution in [0.5, 0.6) is 0 Å². The van der Waals surface area contributed by atoms with E-state index in [1.54, 1.807) is 25.5 Å². The maximum Gasteiger partial charge on any atom is 0.225 e. The Balaban J connectivity index is 0.00000312. The number of halogens is 1. The number of nitrogens with one attached hydrogen (secondary N) is 3. The highest BCUT2D eigenvalue weighted by atomic mass is 127. The van der Waals surface area contributed by atoms with E-state index in [0.717, 1.165) is 38.1 Å². The number of sulfonamides is 1. The van der Waals surface area contributed by atoms with Crippen molar-refractivity contribution in [2.45, 2.75) is 18.9 Å². The molecule has 0 bridgehead atoms. The number of guanidine groups is 1. The molecule has 0 aromatic carbocycles. The zero-order valence-electron chi connectivity index (χ0n) is 14.5. The van der Waals surface area contributed by atoms with Crippen molar-refractivity contribution in [1.82, 2.24) is 25.3 Å². The van der Waals surface area contributed by atoms with Crippen LogP contribution in [0, 0.1) is 0 Å². The van der Waals surface area contributed by atoms with E-state index >= 15 is 0 Å². The van der Waals surface area contributed by atoms with Crippen molar-refractivity contribution in [3.63, 3.8) is 0 Å². The molecule has 0 radical (unpaired) electrons. The fraction of sp³-hybridized carbons (Fsp3) is 0.643. The van der Waals surface area contributed by atoms with Gasteiger partial charge in [-0.3, -0.25) is 4.99 Å². The number of hydrogen-bond acceptors (Lipinski definition) is 6. The lowest BCUT2D eigenvalue weighted by Gasteiger charge is -2.33. The Morgan fingerprint density at radius 2 is 2.08 bits per heavy atom. The molecule has 0 aliphatic carbocycles. The summed E-state index contributed by atoms with van der Waals surface area (Å²) in [5.74, 6) is 1.40. The Labute approximate surface area is 166 Å². The van der Waals surface area contributed by atoms with Crippen molar-refractivity contribution in [2.75, 3.05) is 44.4 Å². The minimum atomic E-state index is -3.16. The summed E-state index contributed by atoms with van der Waals surface area (Å²) in [4.78, 5) is 14.9. The van der Waals surface area contributed by atoms with Gasteiger partial charge in [0.25, 0.3) is 0 Å². The average Bonchev–Trinajstić information content (AvgIpc) is 2.58. The number of aromatic nitrogens is 2. The fourth-order valence-corrected chi connectivity index (χ4v) is 3.01. The monoisotopic (exact) mass is 483 g/mol. The first-order valence-corrected chi connectivity index (χ1v) is 9.81. The first kappa shape index (κ1) is 21.8. The Kier molecular flexibility index (Phi) is 9.35. The van der Waals surface area contributed by atoms with Crippen LogP contribution in [0.3, 0.4) is 0 Å². The molecule has 9 nitrogen and oxygen atoms in total. The molecule has 1 aliphatic rings. The molecule has 3 N–H and O–H groups in total. The smallest absolute Gasteiger partial charge is 0.225 e. The van der Waals surface area contributed by atoms with E-state index in [1.165, 1.54) is 0 Å². The number of nitrogens with zero attached hydrogens (tertiary/aromatic N) is 4. The normalized spacial score (nSPS) is 18.4. The third-order valence-electron chi connectivity index (χ3n) is 3.60. The molecule has 0 saturated carbocycles. The van der Waals surface area contributed by atoms with Gasteiger partial charge in [0.1, 0.15) is 0 Å². The van der Waals surface area contributed by atoms with Gasteiger partial charge < -0.3 is 15.5 Å². The van der Waals surface area contributed by atoms with E-state index in [0.29, 0.717) is 19.0 Å². The zero-order valence-corrected chi connectivity index (χ0v) is 17.6. The number of aliphatic imine (C=N–C) groups is 1. The van der Waals surface area contributed by atoms with Gasteiger partial charge in [-0.05, 0) is 18.9 Å². The summed E-state index contributed by atoms with van der Waals surface area (Å²) in [6.45, 7) is 2.51. The summed E-state index contributed by atoms with van der Waals surface area (Å²) >= 11 is 0. The predicted octanol–water partition coefficient (Wildman–Crippen LogP) is -0.222. The highest BCUT2D eigenvalue weighted by molar-refractivity contribution is 14.0. The van der Waals surface area contributed by atoms with Crippen LogP contribution < -0.4 is 20.3 Å². The number of hydrogen-bond donors (Lipinski definition) is 3. The van der Waals surface area contributed by atoms with Crippen LogP contribution in [-0.2, 0) is 10.0 Å². The van der Waals surface area contributed by atoms with E-state index in [4.69, 9.17) is 0 Å². The minimum Gasteiger partial charge on any atom is -0.355 e. The van der Waals surface area contributed by atoms with Crippen LogP contribution in [0.25, 0.3) is 0 Å². The standard InChI is InChI=1S/C14H25N7O2S.HI/c1-15-13(16-8-9-19-24(2,22)23)20-12-5-3-10-21(11-12)14-17-6-4-7-18-14;/h4,6-7,12,19H,3,5,8-11H2,1-2H3,(H2,15,16,20);1H. The Bertz CT molecular complexity index is 642. The molecular weight excluding hydrogens is 457 g/mol. The largest absolute Gasteiger partial charge is 0.355 e. The lowest BCUT2D eigenvalue weighted by molar-refractivity contribution is 0.463. The number of anilines is 1. The number of piperidine rings is 1. The van der Waals surface area contributed by atoms with Crippen LogP contribution in [0.4, 0.5) is 5.95 Å². The predicted molar refractivity (Wildman–Crippen MR) is 110 cm³/mol. The molecule has 1 aromatic rings. The lowest BCUT2D eigenvalue weighted by Crippen LogP contribution is -2.52. The van der Waals surface area contributed by atoms with Gasteiger partial charge in [0.15, 0.2) is 5.96 Å². The molecule has 1 unspecified atom stereocenters. The second-order valence-electron chi connectivity index (χ2n) is 5.64. The van der Waals surface area contributed by atoms with Crippen LogP contribution in [0.15, 0.2) is 23.5 Å². The topological polar surface area (TPSA) is 112 Å². The molecule has 1 atom stereocenters. The molecule has 1 aliphatic heterocycles. The van der Waals surface area contributed by atoms with E-state index < -0.39 is 10.0 Å². The van der Waals surface area contributed by atoms with Crippen molar-refractivity contribution < 1.29 is 8.42 Å². The van der Waals surface area contributed by atoms with Gasteiger partial charge in [0.2, 0.25) is 16.0 Å². The zero-order chi connectivity index (χ0) is 17.4. The summed E-state index contributed by atoms with van der Waals surface area (Å²) < 4.78 is 24.5. The number of rotatable bonds is 6. The van der Waals surface area contributed by atoms with Crippen LogP contribution in [-0.4, -0.2) is 69.9 Å². The van der Waals surface area contributed by atoms with Gasteiger partial charge in [0.05, 0.1) is 6.26 Å². The Hall–Kier alpha value is -1.21. The Morgan fingerprint density at radius 3 is 2.72 bits per heavy atom. The first-order chi connectivity index (χ1) is 11.5. The Morgan fingerprint density at radius 1 is 1.36 bits per heavy atom. The third kappa shape index (κ3) is 8.14. The van der Waals surface area contributed by atoms with Crippen molar-refractivity contribution in [3.8, 4) is 0 Å². The second kappa shape index (κ2) is 10.7. The fourth-order valence-electron chi connectivity index (χ4n) is 2.54. The van der Waals surface area contributed by atoms with Gasteiger partial charge in [-0.15, -0.1) is 24.0 Å². The molecule has 0 spiro atoms. The van der Waals surface area contributed by atoms with Gasteiger partial charge in [-0.25, -0.2) is 23.1 Å². The van der Waals surface area contributed by atoms with Gasteiger partial charge >= 0.3 is 0 Å². The van der Waals surface area contributed by atoms with Crippen molar-refractivity contribution in [1.29, 1.82) is 0 Å². The lowest BCUT2D eigenvalue weighted by atomic mass is 10.1.